The molecule has 2 rings (SSSR count). The second kappa shape index (κ2) is 4.97. The largest absolute Gasteiger partial charge is 0.444 e. The summed E-state index contributed by atoms with van der Waals surface area (Å²) in [6, 6.07) is 0.334. The van der Waals surface area contributed by atoms with E-state index in [1.165, 1.54) is 0 Å². The molecule has 2 aliphatic rings. The first-order valence-corrected chi connectivity index (χ1v) is 7.44. The van der Waals surface area contributed by atoms with Gasteiger partial charge in [0.05, 0.1) is 0 Å². The Bertz CT molecular complexity index is 351. The van der Waals surface area contributed by atoms with Crippen LogP contribution in [0.3, 0.4) is 0 Å². The fourth-order valence-corrected chi connectivity index (χ4v) is 3.48. The van der Waals surface area contributed by atoms with E-state index in [1.807, 2.05) is 25.7 Å². The summed E-state index contributed by atoms with van der Waals surface area (Å²) in [5.41, 5.74) is 5.99. The third-order valence-corrected chi connectivity index (χ3v) is 4.58. The van der Waals surface area contributed by atoms with E-state index in [9.17, 15) is 4.79 Å². The van der Waals surface area contributed by atoms with Gasteiger partial charge in [0.2, 0.25) is 0 Å². The number of carbonyl (C=O) groups excluding carboxylic acids is 1. The molecule has 0 bridgehead atoms. The summed E-state index contributed by atoms with van der Waals surface area (Å²) in [5.74, 6) is 0.562. The molecule has 1 aliphatic carbocycles. The Labute approximate surface area is 116 Å². The average Bonchev–Trinajstić information content (AvgIpc) is 2.66. The van der Waals surface area contributed by atoms with Gasteiger partial charge in [-0.1, -0.05) is 6.92 Å². The summed E-state index contributed by atoms with van der Waals surface area (Å²) in [5, 5.41) is 0. The van der Waals surface area contributed by atoms with Crippen LogP contribution in [0.5, 0.6) is 0 Å². The molecule has 110 valence electrons. The van der Waals surface area contributed by atoms with Crippen molar-refractivity contribution in [2.75, 3.05) is 13.1 Å². The van der Waals surface area contributed by atoms with Crippen LogP contribution in [-0.2, 0) is 4.74 Å². The van der Waals surface area contributed by atoms with E-state index < -0.39 is 5.60 Å². The van der Waals surface area contributed by atoms with Crippen LogP contribution in [0.4, 0.5) is 4.79 Å². The lowest BCUT2D eigenvalue weighted by molar-refractivity contribution is 0.0251. The molecule has 1 spiro atoms. The molecule has 4 heteroatoms. The maximum Gasteiger partial charge on any atom is 0.410 e. The van der Waals surface area contributed by atoms with Gasteiger partial charge in [-0.2, -0.15) is 0 Å². The normalized spacial score (nSPS) is 35.7. The number of nitrogens with two attached hydrogens (primary N) is 1. The number of carbonyl (C=O) groups is 1. The van der Waals surface area contributed by atoms with Crippen LogP contribution in [0.15, 0.2) is 0 Å². The van der Waals surface area contributed by atoms with E-state index in [0.29, 0.717) is 17.4 Å². The summed E-state index contributed by atoms with van der Waals surface area (Å²) < 4.78 is 5.47. The zero-order valence-electron chi connectivity index (χ0n) is 12.7. The Morgan fingerprint density at radius 2 is 2.05 bits per heavy atom. The first-order chi connectivity index (χ1) is 8.71. The van der Waals surface area contributed by atoms with E-state index in [-0.39, 0.29) is 6.09 Å². The Morgan fingerprint density at radius 3 is 2.63 bits per heavy atom. The SMILES string of the molecule is C[C@@H]1C[C@]2(CC[C@H]1N)CCN(C(=O)OC(C)(C)C)C2. The number of hydrogen-bond acceptors (Lipinski definition) is 3. The molecule has 0 aromatic rings. The van der Waals surface area contributed by atoms with Crippen molar-refractivity contribution >= 4 is 6.09 Å². The van der Waals surface area contributed by atoms with Crippen LogP contribution in [0.25, 0.3) is 0 Å². The Morgan fingerprint density at radius 1 is 1.37 bits per heavy atom. The standard InChI is InChI=1S/C15H28N2O2/c1-11-9-15(6-5-12(11)16)7-8-17(10-15)13(18)19-14(2,3)4/h11-12H,5-10,16H2,1-4H3/t11-,12-,15+/m1/s1. The van der Waals surface area contributed by atoms with Gasteiger partial charge in [-0.3, -0.25) is 0 Å². The minimum absolute atomic E-state index is 0.160. The van der Waals surface area contributed by atoms with Gasteiger partial charge in [0.15, 0.2) is 0 Å². The van der Waals surface area contributed by atoms with Gasteiger partial charge in [0, 0.05) is 19.1 Å². The number of likely N-dealkylation sites (tertiary alicyclic amines) is 1. The molecule has 0 aromatic heterocycles. The van der Waals surface area contributed by atoms with Crippen LogP contribution in [-0.4, -0.2) is 35.7 Å². The Kier molecular flexibility index (Phi) is 3.83. The van der Waals surface area contributed by atoms with Crippen molar-refractivity contribution in [3.63, 3.8) is 0 Å². The monoisotopic (exact) mass is 268 g/mol. The van der Waals surface area contributed by atoms with Gasteiger partial charge < -0.3 is 15.4 Å². The summed E-state index contributed by atoms with van der Waals surface area (Å²) in [6.45, 7) is 9.66. The number of rotatable bonds is 0. The number of hydrogen-bond donors (Lipinski definition) is 1. The summed E-state index contributed by atoms with van der Waals surface area (Å²) >= 11 is 0. The molecule has 4 nitrogen and oxygen atoms in total. The van der Waals surface area contributed by atoms with Gasteiger partial charge in [0.25, 0.3) is 0 Å². The van der Waals surface area contributed by atoms with Crippen molar-refractivity contribution in [3.05, 3.63) is 0 Å². The van der Waals surface area contributed by atoms with Gasteiger partial charge in [-0.25, -0.2) is 4.79 Å². The van der Waals surface area contributed by atoms with Crippen molar-refractivity contribution in [3.8, 4) is 0 Å². The first-order valence-electron chi connectivity index (χ1n) is 7.44. The van der Waals surface area contributed by atoms with Crippen molar-refractivity contribution in [2.45, 2.75) is 65.0 Å². The Balaban J connectivity index is 1.94. The smallest absolute Gasteiger partial charge is 0.410 e. The number of ether oxygens (including phenoxy) is 1. The van der Waals surface area contributed by atoms with Crippen molar-refractivity contribution in [1.29, 1.82) is 0 Å². The number of amides is 1. The van der Waals surface area contributed by atoms with Crippen LogP contribution >= 0.6 is 0 Å². The van der Waals surface area contributed by atoms with Gasteiger partial charge in [-0.05, 0) is 57.8 Å². The first kappa shape index (κ1) is 14.6. The minimum Gasteiger partial charge on any atom is -0.444 e. The third-order valence-electron chi connectivity index (χ3n) is 4.58. The molecule has 19 heavy (non-hydrogen) atoms. The predicted molar refractivity (Wildman–Crippen MR) is 75.8 cm³/mol. The molecule has 0 radical (unpaired) electrons. The molecule has 1 heterocycles. The maximum absolute atomic E-state index is 12.1. The van der Waals surface area contributed by atoms with Crippen LogP contribution in [0, 0.1) is 11.3 Å². The lowest BCUT2D eigenvalue weighted by Gasteiger charge is -2.40. The van der Waals surface area contributed by atoms with Crippen molar-refractivity contribution in [1.82, 2.24) is 4.90 Å². The number of nitrogens with zero attached hydrogens (tertiary/aromatic N) is 1. The highest BCUT2D eigenvalue weighted by Gasteiger charge is 2.44. The van der Waals surface area contributed by atoms with Crippen LogP contribution in [0.1, 0.15) is 53.4 Å². The van der Waals surface area contributed by atoms with Crippen molar-refractivity contribution in [2.24, 2.45) is 17.1 Å². The van der Waals surface area contributed by atoms with Gasteiger partial charge in [0.1, 0.15) is 5.60 Å². The average molecular weight is 268 g/mol. The summed E-state index contributed by atoms with van der Waals surface area (Å²) in [7, 11) is 0. The van der Waals surface area contributed by atoms with E-state index in [1.54, 1.807) is 0 Å². The van der Waals surface area contributed by atoms with Gasteiger partial charge >= 0.3 is 6.09 Å². The lowest BCUT2D eigenvalue weighted by Crippen LogP contribution is -2.42. The van der Waals surface area contributed by atoms with Gasteiger partial charge in [-0.15, -0.1) is 0 Å². The molecular weight excluding hydrogens is 240 g/mol. The van der Waals surface area contributed by atoms with Crippen LogP contribution in [0.2, 0.25) is 0 Å². The zero-order chi connectivity index (χ0) is 14.3. The molecule has 2 fully saturated rings. The molecule has 1 aliphatic heterocycles. The van der Waals surface area contributed by atoms with Crippen molar-refractivity contribution < 1.29 is 9.53 Å². The molecule has 2 N–H and O–H groups in total. The molecule has 0 unspecified atom stereocenters. The second-order valence-electron chi connectivity index (χ2n) is 7.54. The highest BCUT2D eigenvalue weighted by atomic mass is 16.6. The van der Waals surface area contributed by atoms with Crippen LogP contribution < -0.4 is 5.73 Å². The minimum atomic E-state index is -0.408. The molecular formula is C15H28N2O2. The molecule has 1 amide bonds. The quantitative estimate of drug-likeness (QED) is 0.735. The second-order valence-corrected chi connectivity index (χ2v) is 7.54. The van der Waals surface area contributed by atoms with E-state index in [2.05, 4.69) is 6.92 Å². The lowest BCUT2D eigenvalue weighted by atomic mass is 9.68. The molecule has 3 atom stereocenters. The molecule has 1 saturated heterocycles. The highest BCUT2D eigenvalue weighted by Crippen LogP contribution is 2.45. The summed E-state index contributed by atoms with van der Waals surface area (Å²) in [6.07, 6.45) is 4.32. The third kappa shape index (κ3) is 3.41. The fourth-order valence-electron chi connectivity index (χ4n) is 3.48. The topological polar surface area (TPSA) is 55.6 Å². The van der Waals surface area contributed by atoms with E-state index in [0.717, 1.165) is 38.8 Å². The highest BCUT2D eigenvalue weighted by molar-refractivity contribution is 5.68. The Hall–Kier alpha value is -0.770. The fraction of sp³-hybridized carbons (Fsp3) is 0.933. The predicted octanol–water partition coefficient (Wildman–Crippen LogP) is 2.76. The summed E-state index contributed by atoms with van der Waals surface area (Å²) in [4.78, 5) is 14.0. The van der Waals surface area contributed by atoms with E-state index in [4.69, 9.17) is 10.5 Å². The maximum atomic E-state index is 12.1. The van der Waals surface area contributed by atoms with E-state index >= 15 is 0 Å². The molecule has 0 aromatic carbocycles. The zero-order valence-corrected chi connectivity index (χ0v) is 12.7. The molecule has 1 saturated carbocycles.